The summed E-state index contributed by atoms with van der Waals surface area (Å²) in [5, 5.41) is 11.0. The van der Waals surface area contributed by atoms with Crippen molar-refractivity contribution in [3.05, 3.63) is 40.8 Å². The van der Waals surface area contributed by atoms with Crippen LogP contribution in [0.4, 0.5) is 0 Å². The molecule has 110 valence electrons. The Kier molecular flexibility index (Phi) is 3.79. The molecule has 0 aromatic carbocycles. The molecule has 0 aliphatic carbocycles. The molecule has 0 bridgehead atoms. The lowest BCUT2D eigenvalue weighted by Crippen LogP contribution is -2.42. The largest absolute Gasteiger partial charge is 0.481 e. The minimum Gasteiger partial charge on any atom is -0.481 e. The van der Waals surface area contributed by atoms with E-state index in [1.807, 2.05) is 40.5 Å². The van der Waals surface area contributed by atoms with Gasteiger partial charge in [-0.05, 0) is 36.4 Å². The highest BCUT2D eigenvalue weighted by molar-refractivity contribution is 7.12. The third-order valence-electron chi connectivity index (χ3n) is 3.78. The fourth-order valence-electron chi connectivity index (χ4n) is 2.67. The van der Waals surface area contributed by atoms with E-state index in [-0.39, 0.29) is 5.91 Å². The van der Waals surface area contributed by atoms with Crippen LogP contribution in [0, 0.1) is 5.92 Å². The van der Waals surface area contributed by atoms with Crippen LogP contribution in [0.3, 0.4) is 0 Å². The molecule has 5 nitrogen and oxygen atoms in total. The monoisotopic (exact) mass is 304 g/mol. The van der Waals surface area contributed by atoms with Crippen molar-refractivity contribution < 1.29 is 14.7 Å². The molecule has 0 spiro atoms. The maximum atomic E-state index is 12.7. The summed E-state index contributed by atoms with van der Waals surface area (Å²) in [4.78, 5) is 26.1. The standard InChI is InChI=1S/C15H16N2O3S/c18-14(17-8-3-4-11(10-17)15(19)20)13-12(5-9-21-13)16-6-1-2-7-16/h1-2,5-7,9,11H,3-4,8,10H2,(H,19,20)/t11-/m0/s1. The van der Waals surface area contributed by atoms with Crippen molar-refractivity contribution in [3.8, 4) is 5.69 Å². The Hall–Kier alpha value is -2.08. The van der Waals surface area contributed by atoms with Crippen LogP contribution in [-0.4, -0.2) is 39.5 Å². The first kappa shape index (κ1) is 13.9. The molecule has 1 atom stereocenters. The van der Waals surface area contributed by atoms with E-state index in [0.29, 0.717) is 24.4 Å². The number of nitrogens with zero attached hydrogens (tertiary/aromatic N) is 2. The van der Waals surface area contributed by atoms with E-state index in [1.54, 1.807) is 4.90 Å². The number of carbonyl (C=O) groups excluding carboxylic acids is 1. The third kappa shape index (κ3) is 2.71. The molecule has 3 heterocycles. The van der Waals surface area contributed by atoms with E-state index in [1.165, 1.54) is 11.3 Å². The van der Waals surface area contributed by atoms with Gasteiger partial charge in [-0.15, -0.1) is 11.3 Å². The number of amides is 1. The van der Waals surface area contributed by atoms with Crippen LogP contribution >= 0.6 is 11.3 Å². The molecular formula is C15H16N2O3S. The number of hydrogen-bond acceptors (Lipinski definition) is 3. The van der Waals surface area contributed by atoms with Gasteiger partial charge in [0.05, 0.1) is 11.6 Å². The van der Waals surface area contributed by atoms with Gasteiger partial charge in [0, 0.05) is 25.5 Å². The first-order chi connectivity index (χ1) is 10.2. The van der Waals surface area contributed by atoms with Gasteiger partial charge in [0.25, 0.3) is 5.91 Å². The minimum atomic E-state index is -0.815. The minimum absolute atomic E-state index is 0.0698. The number of likely N-dealkylation sites (tertiary alicyclic amines) is 1. The van der Waals surface area contributed by atoms with Gasteiger partial charge >= 0.3 is 5.97 Å². The first-order valence-electron chi connectivity index (χ1n) is 6.89. The highest BCUT2D eigenvalue weighted by Gasteiger charge is 2.30. The Morgan fingerprint density at radius 3 is 2.76 bits per heavy atom. The summed E-state index contributed by atoms with van der Waals surface area (Å²) in [6, 6.07) is 5.73. The van der Waals surface area contributed by atoms with Gasteiger partial charge in [0.2, 0.25) is 0 Å². The van der Waals surface area contributed by atoms with Crippen LogP contribution in [0.5, 0.6) is 0 Å². The average Bonchev–Trinajstić information content (AvgIpc) is 3.17. The Labute approximate surface area is 126 Å². The van der Waals surface area contributed by atoms with Crippen LogP contribution in [0.1, 0.15) is 22.5 Å². The number of thiophene rings is 1. The number of rotatable bonds is 3. The molecule has 0 unspecified atom stereocenters. The van der Waals surface area contributed by atoms with E-state index in [2.05, 4.69) is 0 Å². The van der Waals surface area contributed by atoms with Gasteiger partial charge < -0.3 is 14.6 Å². The summed E-state index contributed by atoms with van der Waals surface area (Å²) in [5.74, 6) is -1.33. The van der Waals surface area contributed by atoms with Gasteiger partial charge in [0.1, 0.15) is 4.88 Å². The smallest absolute Gasteiger partial charge is 0.308 e. The van der Waals surface area contributed by atoms with E-state index in [4.69, 9.17) is 5.11 Å². The van der Waals surface area contributed by atoms with Crippen molar-refractivity contribution in [2.75, 3.05) is 13.1 Å². The number of carbonyl (C=O) groups is 2. The molecule has 1 amide bonds. The number of carboxylic acids is 1. The van der Waals surface area contributed by atoms with E-state index < -0.39 is 11.9 Å². The number of aromatic nitrogens is 1. The summed E-state index contributed by atoms with van der Waals surface area (Å²) < 4.78 is 1.91. The molecule has 1 saturated heterocycles. The van der Waals surface area contributed by atoms with Gasteiger partial charge in [0.15, 0.2) is 0 Å². The van der Waals surface area contributed by atoms with Crippen LogP contribution < -0.4 is 0 Å². The molecule has 2 aromatic heterocycles. The zero-order chi connectivity index (χ0) is 14.8. The van der Waals surface area contributed by atoms with Crippen LogP contribution in [-0.2, 0) is 4.79 Å². The van der Waals surface area contributed by atoms with Crippen LogP contribution in [0.2, 0.25) is 0 Å². The van der Waals surface area contributed by atoms with Crippen LogP contribution in [0.25, 0.3) is 5.69 Å². The molecule has 21 heavy (non-hydrogen) atoms. The summed E-state index contributed by atoms with van der Waals surface area (Å²) in [6.07, 6.45) is 5.19. The number of piperidine rings is 1. The van der Waals surface area contributed by atoms with Crippen molar-refractivity contribution in [2.24, 2.45) is 5.92 Å². The molecule has 6 heteroatoms. The fraction of sp³-hybridized carbons (Fsp3) is 0.333. The van der Waals surface area contributed by atoms with Crippen molar-refractivity contribution in [2.45, 2.75) is 12.8 Å². The van der Waals surface area contributed by atoms with Gasteiger partial charge in [-0.3, -0.25) is 9.59 Å². The maximum absolute atomic E-state index is 12.7. The van der Waals surface area contributed by atoms with Crippen molar-refractivity contribution >= 4 is 23.2 Å². The summed E-state index contributed by atoms with van der Waals surface area (Å²) in [5.41, 5.74) is 0.854. The quantitative estimate of drug-likeness (QED) is 0.947. The zero-order valence-electron chi connectivity index (χ0n) is 11.4. The second kappa shape index (κ2) is 5.73. The fourth-order valence-corrected chi connectivity index (χ4v) is 3.52. The Bertz CT molecular complexity index is 648. The van der Waals surface area contributed by atoms with Crippen molar-refractivity contribution in [3.63, 3.8) is 0 Å². The molecule has 0 radical (unpaired) electrons. The van der Waals surface area contributed by atoms with Gasteiger partial charge in [-0.2, -0.15) is 0 Å². The number of aliphatic carboxylic acids is 1. The topological polar surface area (TPSA) is 62.5 Å². The second-order valence-electron chi connectivity index (χ2n) is 5.15. The van der Waals surface area contributed by atoms with Crippen molar-refractivity contribution in [1.29, 1.82) is 0 Å². The average molecular weight is 304 g/mol. The Balaban J connectivity index is 1.83. The van der Waals surface area contributed by atoms with Gasteiger partial charge in [-0.1, -0.05) is 0 Å². The van der Waals surface area contributed by atoms with E-state index >= 15 is 0 Å². The highest BCUT2D eigenvalue weighted by Crippen LogP contribution is 2.26. The Morgan fingerprint density at radius 2 is 2.05 bits per heavy atom. The van der Waals surface area contributed by atoms with Crippen molar-refractivity contribution in [1.82, 2.24) is 9.47 Å². The van der Waals surface area contributed by atoms with E-state index in [9.17, 15) is 9.59 Å². The third-order valence-corrected chi connectivity index (χ3v) is 4.67. The lowest BCUT2D eigenvalue weighted by molar-refractivity contribution is -0.143. The van der Waals surface area contributed by atoms with Gasteiger partial charge in [-0.25, -0.2) is 0 Å². The molecule has 1 N–H and O–H groups in total. The molecule has 1 aliphatic heterocycles. The molecular weight excluding hydrogens is 288 g/mol. The summed E-state index contributed by atoms with van der Waals surface area (Å²) in [7, 11) is 0. The highest BCUT2D eigenvalue weighted by atomic mass is 32.1. The summed E-state index contributed by atoms with van der Waals surface area (Å²) in [6.45, 7) is 0.933. The lowest BCUT2D eigenvalue weighted by atomic mass is 9.98. The second-order valence-corrected chi connectivity index (χ2v) is 6.07. The molecule has 1 fully saturated rings. The molecule has 2 aromatic rings. The lowest BCUT2D eigenvalue weighted by Gasteiger charge is -2.30. The molecule has 3 rings (SSSR count). The normalized spacial score (nSPS) is 18.7. The SMILES string of the molecule is O=C(O)[C@H]1CCCN(C(=O)c2sccc2-n2cccc2)C1. The van der Waals surface area contributed by atoms with E-state index in [0.717, 1.165) is 12.1 Å². The maximum Gasteiger partial charge on any atom is 0.308 e. The predicted octanol–water partition coefficient (Wildman–Crippen LogP) is 2.48. The molecule has 0 saturated carbocycles. The zero-order valence-corrected chi connectivity index (χ0v) is 12.3. The summed E-state index contributed by atoms with van der Waals surface area (Å²) >= 11 is 1.40. The predicted molar refractivity (Wildman–Crippen MR) is 79.9 cm³/mol. The number of carboxylic acid groups (broad SMARTS) is 1. The van der Waals surface area contributed by atoms with Crippen LogP contribution in [0.15, 0.2) is 36.0 Å². The number of hydrogen-bond donors (Lipinski definition) is 1. The molecule has 1 aliphatic rings. The first-order valence-corrected chi connectivity index (χ1v) is 7.77. The Morgan fingerprint density at radius 1 is 1.29 bits per heavy atom.